The van der Waals surface area contributed by atoms with Crippen LogP contribution < -0.4 is 42.2 Å². The highest BCUT2D eigenvalue weighted by atomic mass is 35.6. The number of aromatic nitrogens is 2. The number of hydrogen-bond donors (Lipinski definition) is 8. The van der Waals surface area contributed by atoms with Crippen molar-refractivity contribution in [2.75, 3.05) is 19.7 Å². The molecule has 5 aliphatic rings. The van der Waals surface area contributed by atoms with Crippen LogP contribution in [0.5, 0.6) is 0 Å². The summed E-state index contributed by atoms with van der Waals surface area (Å²) < 4.78 is 76.2. The molecule has 5 bridgehead atoms. The molecule has 4 aromatic rings. The number of esters is 1. The summed E-state index contributed by atoms with van der Waals surface area (Å²) in [5.41, 5.74) is 7.30. The van der Waals surface area contributed by atoms with E-state index in [1.165, 1.54) is 16.9 Å². The first-order valence-corrected chi connectivity index (χ1v) is 37.0. The number of hydrogen-bond acceptors (Lipinski definition) is 14. The molecule has 9 atom stereocenters. The predicted octanol–water partition coefficient (Wildman–Crippen LogP) is 10.4. The number of pyridine rings is 2. The summed E-state index contributed by atoms with van der Waals surface area (Å²) in [5.74, 6) is -10.8. The molecule has 9 rings (SSSR count). The summed E-state index contributed by atoms with van der Waals surface area (Å²) >= 11 is 17.0. The Bertz CT molecular complexity index is 3840. The van der Waals surface area contributed by atoms with E-state index in [1.54, 1.807) is 58.9 Å². The van der Waals surface area contributed by atoms with Gasteiger partial charge in [0.2, 0.25) is 45.2 Å². The van der Waals surface area contributed by atoms with Gasteiger partial charge in [-0.15, -0.1) is 0 Å². The molecule has 2 aromatic carbocycles. The molecule has 1 spiro atoms. The van der Waals surface area contributed by atoms with E-state index in [0.29, 0.717) is 60.2 Å². The van der Waals surface area contributed by atoms with Crippen molar-refractivity contribution < 1.29 is 64.9 Å². The van der Waals surface area contributed by atoms with E-state index in [0.717, 1.165) is 16.3 Å². The first kappa shape index (κ1) is 80.8. The lowest BCUT2D eigenvalue weighted by Crippen LogP contribution is -2.62. The van der Waals surface area contributed by atoms with E-state index < -0.39 is 164 Å². The van der Waals surface area contributed by atoms with Crippen molar-refractivity contribution in [3.05, 3.63) is 95.3 Å². The molecular formula is C72H95Cl3F4N12O10S. The highest BCUT2D eigenvalue weighted by molar-refractivity contribution is 7.84. The Hall–Kier alpha value is -6.88. The number of ether oxygens (including phenoxy) is 1. The summed E-state index contributed by atoms with van der Waals surface area (Å²) in [6, 6.07) is 12.3. The Morgan fingerprint density at radius 2 is 1.34 bits per heavy atom. The highest BCUT2D eigenvalue weighted by Crippen LogP contribution is 2.47. The van der Waals surface area contributed by atoms with Crippen LogP contribution in [-0.4, -0.2) is 148 Å². The second kappa shape index (κ2) is 33.5. The minimum Gasteiger partial charge on any atom is -0.460 e. The van der Waals surface area contributed by atoms with Gasteiger partial charge in [-0.05, 0) is 147 Å². The molecule has 3 aliphatic heterocycles. The number of nitrogens with one attached hydrogen (secondary N) is 8. The third-order valence-electron chi connectivity index (χ3n) is 19.2. The van der Waals surface area contributed by atoms with Gasteiger partial charge in [0.15, 0.2) is 0 Å². The summed E-state index contributed by atoms with van der Waals surface area (Å²) in [4.78, 5) is 117. The smallest absolute Gasteiger partial charge is 0.325 e. The SMILES string of the molecule is CC(C)[C@@H]1NC(=O)C2(/C=C/c3ccc4ccc(nc4c3)[C@@H](C)NC(=O)[C@@H]3CCCN(N3)C(=O)[C@H](C)NC1=O)CCC(F)(F)CC2.CC(C)[C@H](NC(=O)C1(/C=C/c2ccc3ccc([C@@H](C)N[S@](=O)C(C)(C)C)nc3c2)CCC(F)(F)CC1)C(=O)N[C@@H](C)C(=O)N1CCC[C@@H](C(=O)OCC(Cl)(Cl)Cl)N1. The van der Waals surface area contributed by atoms with Crippen molar-refractivity contribution in [3.8, 4) is 0 Å². The number of fused-ring (bicyclic) bond motifs is 5. The van der Waals surface area contributed by atoms with E-state index in [2.05, 4.69) is 42.2 Å². The van der Waals surface area contributed by atoms with Crippen molar-refractivity contribution >= 4 is 127 Å². The Labute approximate surface area is 610 Å². The van der Waals surface area contributed by atoms with Crippen molar-refractivity contribution in [2.45, 2.75) is 222 Å². The summed E-state index contributed by atoms with van der Waals surface area (Å²) in [6.07, 6.45) is 6.30. The average Bonchev–Trinajstić information content (AvgIpc) is 0.796. The van der Waals surface area contributed by atoms with Gasteiger partial charge in [-0.2, -0.15) is 0 Å². The standard InChI is InChI=1S/C39H53Cl3F2N6O6S.C33H42F2N6O4/c1-23(2)31(32(51)45-25(4)33(52)50-20-8-9-29(48-50)34(53)56-22-39(40,41)42)47-35(54)37(16-18-38(43,44)19-17-37)15-14-26-10-11-27-12-13-28(46-30(27)21-26)24(3)49-57(55)36(5,6)7;1-19(2)27-29(43)37-21(4)30(44)41-17-5-6-25(40-41)28(42)36-20(3)24-10-9-23-8-7-22(18-26(23)38-24)11-12-32(31(45)39-27)13-15-33(34,35)16-14-32/h10-15,21,23-25,29,31,48-49H,8-9,16-20,22H2,1-7H3,(H,45,51)(H,47,54);7-12,18-21,25,27,40H,5-6,13-17H2,1-4H3,(H,36,42)(H,37,43)(H,39,45)/b15-14+;12-11+/t24-,25+,29+,31+,57-;20-,21+,25+,27+/m11/s1. The molecule has 2 saturated heterocycles. The quantitative estimate of drug-likeness (QED) is 0.0331. The van der Waals surface area contributed by atoms with Crippen molar-refractivity contribution in [1.29, 1.82) is 0 Å². The van der Waals surface area contributed by atoms with Gasteiger partial charge in [-0.1, -0.05) is 123 Å². The summed E-state index contributed by atoms with van der Waals surface area (Å²) in [7, 11) is -1.31. The van der Waals surface area contributed by atoms with Crippen LogP contribution in [-0.2, 0) is 54.1 Å². The van der Waals surface area contributed by atoms with Crippen molar-refractivity contribution in [3.63, 3.8) is 0 Å². The average molecular weight is 1500 g/mol. The molecule has 4 fully saturated rings. The zero-order chi connectivity index (χ0) is 75.0. The number of carbonyl (C=O) groups is 8. The van der Waals surface area contributed by atoms with Crippen LogP contribution in [0, 0.1) is 22.7 Å². The monoisotopic (exact) mass is 1500 g/mol. The molecule has 558 valence electrons. The van der Waals surface area contributed by atoms with Crippen LogP contribution in [0.4, 0.5) is 17.6 Å². The minimum absolute atomic E-state index is 0.0847. The molecule has 30 heteroatoms. The Morgan fingerprint density at radius 1 is 0.735 bits per heavy atom. The molecule has 8 N–H and O–H groups in total. The third-order valence-corrected chi connectivity index (χ3v) is 21.2. The van der Waals surface area contributed by atoms with E-state index in [1.807, 2.05) is 95.3 Å². The lowest BCUT2D eigenvalue weighted by molar-refractivity contribution is -0.153. The van der Waals surface area contributed by atoms with Gasteiger partial charge in [0.1, 0.15) is 42.9 Å². The van der Waals surface area contributed by atoms with E-state index in [4.69, 9.17) is 49.5 Å². The second-order valence-corrected chi connectivity index (χ2v) is 33.7. The van der Waals surface area contributed by atoms with Crippen molar-refractivity contribution in [2.24, 2.45) is 22.7 Å². The molecule has 22 nitrogen and oxygen atoms in total. The number of hydrazine groups is 2. The number of nitrogens with zero attached hydrogens (tertiary/aromatic N) is 4. The van der Waals surface area contributed by atoms with Crippen LogP contribution in [0.3, 0.4) is 0 Å². The fraction of sp³-hybridized carbons (Fsp3) is 0.583. The first-order valence-electron chi connectivity index (χ1n) is 34.7. The van der Waals surface area contributed by atoms with Gasteiger partial charge in [-0.3, -0.25) is 58.3 Å². The molecule has 2 aliphatic carbocycles. The summed E-state index contributed by atoms with van der Waals surface area (Å²) in [5, 5.41) is 18.3. The topological polar surface area (TPSA) is 291 Å². The van der Waals surface area contributed by atoms with Gasteiger partial charge in [-0.25, -0.2) is 37.3 Å². The molecule has 0 unspecified atom stereocenters. The summed E-state index contributed by atoms with van der Waals surface area (Å²) in [6.45, 7) is 19.5. The largest absolute Gasteiger partial charge is 0.460 e. The molecular weight excluding hydrogens is 1410 g/mol. The minimum atomic E-state index is -2.94. The first-order chi connectivity index (χ1) is 47.7. The normalized spacial score (nSPS) is 24.2. The predicted molar refractivity (Wildman–Crippen MR) is 385 cm³/mol. The molecule has 2 saturated carbocycles. The van der Waals surface area contributed by atoms with Crippen LogP contribution >= 0.6 is 34.8 Å². The van der Waals surface area contributed by atoms with Crippen LogP contribution in [0.15, 0.2) is 72.8 Å². The zero-order valence-electron chi connectivity index (χ0n) is 59.4. The number of benzene rings is 2. The second-order valence-electron chi connectivity index (χ2n) is 29.2. The maximum atomic E-state index is 14.5. The maximum absolute atomic E-state index is 14.5. The highest BCUT2D eigenvalue weighted by Gasteiger charge is 2.49. The van der Waals surface area contributed by atoms with Gasteiger partial charge >= 0.3 is 5.97 Å². The molecule has 7 amide bonds. The molecule has 102 heavy (non-hydrogen) atoms. The Balaban J connectivity index is 0.000000266. The fourth-order valence-electron chi connectivity index (χ4n) is 12.7. The van der Waals surface area contributed by atoms with Gasteiger partial charge < -0.3 is 31.3 Å². The number of alkyl halides is 7. The lowest BCUT2D eigenvalue weighted by Gasteiger charge is -2.38. The Kier molecular flexibility index (Phi) is 26.5. The number of carbonyl (C=O) groups excluding carboxylic acids is 8. The maximum Gasteiger partial charge on any atom is 0.325 e. The number of amides is 7. The van der Waals surface area contributed by atoms with E-state index in [9.17, 15) is 60.1 Å². The zero-order valence-corrected chi connectivity index (χ0v) is 62.5. The number of halogens is 7. The van der Waals surface area contributed by atoms with E-state index in [-0.39, 0.29) is 50.1 Å². The van der Waals surface area contributed by atoms with Gasteiger partial charge in [0, 0.05) is 49.5 Å². The van der Waals surface area contributed by atoms with Gasteiger partial charge in [0.25, 0.3) is 11.8 Å². The fourth-order valence-corrected chi connectivity index (χ4v) is 13.6. The molecule has 5 heterocycles. The van der Waals surface area contributed by atoms with Crippen molar-refractivity contribution in [1.82, 2.24) is 62.1 Å². The van der Waals surface area contributed by atoms with E-state index >= 15 is 0 Å². The van der Waals surface area contributed by atoms with Crippen LogP contribution in [0.1, 0.15) is 188 Å². The molecule has 2 aromatic heterocycles. The van der Waals surface area contributed by atoms with Gasteiger partial charge in [0.05, 0.1) is 61.1 Å². The van der Waals surface area contributed by atoms with Crippen LogP contribution in [0.25, 0.3) is 34.0 Å². The Morgan fingerprint density at radius 3 is 1.98 bits per heavy atom. The number of rotatable bonds is 14. The lowest BCUT2D eigenvalue weighted by atomic mass is 9.71. The molecule has 0 radical (unpaired) electrons. The van der Waals surface area contributed by atoms with Crippen LogP contribution in [0.2, 0.25) is 0 Å². The third kappa shape index (κ3) is 21.2.